The fraction of sp³-hybridized carbons (Fsp3) is 0.286. The summed E-state index contributed by atoms with van der Waals surface area (Å²) < 4.78 is 11.4. The number of carbonyl (C=O) groups excluding carboxylic acids is 4. The van der Waals surface area contributed by atoms with E-state index in [1.54, 1.807) is 47.0 Å². The van der Waals surface area contributed by atoms with Crippen LogP contribution >= 0.6 is 11.8 Å². The second-order valence-electron chi connectivity index (χ2n) is 13.7. The van der Waals surface area contributed by atoms with Gasteiger partial charge in [-0.1, -0.05) is 127 Å². The Labute approximate surface area is 296 Å². The number of hydrogen-bond donors (Lipinski definition) is 0. The van der Waals surface area contributed by atoms with Gasteiger partial charge in [0, 0.05) is 16.2 Å². The number of β-lactam (4-membered cyclic amide) rings is 1. The predicted octanol–water partition coefficient (Wildman–Crippen LogP) is 7.58. The molecule has 1 aliphatic carbocycles. The van der Waals surface area contributed by atoms with Crippen molar-refractivity contribution in [3.8, 4) is 0 Å². The topological polar surface area (TPSA) is 90.0 Å². The molecule has 4 aromatic carbocycles. The first-order chi connectivity index (χ1) is 24.2. The van der Waals surface area contributed by atoms with E-state index in [1.807, 2.05) is 111 Å². The molecule has 0 radical (unpaired) electrons. The summed E-state index contributed by atoms with van der Waals surface area (Å²) in [7, 11) is 0. The van der Waals surface area contributed by atoms with E-state index >= 15 is 0 Å². The molecule has 2 aliphatic heterocycles. The summed E-state index contributed by atoms with van der Waals surface area (Å²) in [5.74, 6) is -2.49. The number of esters is 2. The second-order valence-corrected chi connectivity index (χ2v) is 15.5. The number of fused-ring (bicyclic) bond motifs is 2. The van der Waals surface area contributed by atoms with Gasteiger partial charge in [0.2, 0.25) is 5.91 Å². The number of rotatable bonds is 10. The molecule has 7 nitrogen and oxygen atoms in total. The molecule has 1 saturated carbocycles. The van der Waals surface area contributed by atoms with Gasteiger partial charge in [0.25, 0.3) is 0 Å². The van der Waals surface area contributed by atoms with Gasteiger partial charge in [0.05, 0.1) is 16.7 Å². The number of benzene rings is 4. The first kappa shape index (κ1) is 33.5. The van der Waals surface area contributed by atoms with Gasteiger partial charge in [0.1, 0.15) is 12.6 Å². The highest BCUT2D eigenvalue weighted by Gasteiger charge is 2.75. The van der Waals surface area contributed by atoms with Gasteiger partial charge in [0.15, 0.2) is 11.9 Å². The van der Waals surface area contributed by atoms with E-state index < -0.39 is 46.1 Å². The molecule has 1 amide bonds. The van der Waals surface area contributed by atoms with Gasteiger partial charge in [-0.25, -0.2) is 4.79 Å². The lowest BCUT2D eigenvalue weighted by Crippen LogP contribution is -2.70. The molecule has 0 N–H and O–H groups in total. The summed E-state index contributed by atoms with van der Waals surface area (Å²) in [4.78, 5) is 57.5. The molecule has 2 saturated heterocycles. The molecule has 8 heteroatoms. The summed E-state index contributed by atoms with van der Waals surface area (Å²) in [5, 5.41) is -0.386. The number of carbonyl (C=O) groups is 4. The lowest BCUT2D eigenvalue weighted by atomic mass is 9.67. The molecule has 254 valence electrons. The molecule has 2 heterocycles. The van der Waals surface area contributed by atoms with Crippen LogP contribution in [-0.4, -0.2) is 44.7 Å². The Balaban J connectivity index is 1.17. The van der Waals surface area contributed by atoms with Crippen molar-refractivity contribution in [3.05, 3.63) is 156 Å². The minimum atomic E-state index is -0.973. The Morgan fingerprint density at radius 2 is 1.38 bits per heavy atom. The number of allylic oxidation sites excluding steroid dienone is 2. The third-order valence-electron chi connectivity index (χ3n) is 10.3. The Bertz CT molecular complexity index is 1860. The van der Waals surface area contributed by atoms with Crippen molar-refractivity contribution in [1.29, 1.82) is 0 Å². The first-order valence-corrected chi connectivity index (χ1v) is 17.9. The SMILES string of the molecule is CC1(C)S[C@H]2N(C(=O)C23CCC(C(=O)OCc2ccccc2)C3C=CC(=O)c2ccccc2)[C@H]1C(=O)OC(c1ccccc1)c1ccccc1. The number of nitrogens with zero attached hydrogens (tertiary/aromatic N) is 1. The fourth-order valence-electron chi connectivity index (χ4n) is 7.83. The maximum Gasteiger partial charge on any atom is 0.331 e. The zero-order valence-electron chi connectivity index (χ0n) is 28.0. The monoisotopic (exact) mass is 685 g/mol. The maximum absolute atomic E-state index is 14.6. The van der Waals surface area contributed by atoms with E-state index in [-0.39, 0.29) is 23.7 Å². The van der Waals surface area contributed by atoms with Gasteiger partial charge < -0.3 is 14.4 Å². The number of amides is 1. The van der Waals surface area contributed by atoms with Crippen LogP contribution in [0.3, 0.4) is 0 Å². The molecular formula is C42H39NO6S. The number of hydrogen-bond acceptors (Lipinski definition) is 7. The highest BCUT2D eigenvalue weighted by atomic mass is 32.2. The minimum Gasteiger partial charge on any atom is -0.461 e. The van der Waals surface area contributed by atoms with Crippen molar-refractivity contribution >= 4 is 35.4 Å². The number of ketones is 1. The highest BCUT2D eigenvalue weighted by molar-refractivity contribution is 8.01. The van der Waals surface area contributed by atoms with E-state index in [1.165, 1.54) is 6.08 Å². The van der Waals surface area contributed by atoms with Crippen LogP contribution < -0.4 is 0 Å². The molecule has 3 fully saturated rings. The van der Waals surface area contributed by atoms with Crippen molar-refractivity contribution in [3.63, 3.8) is 0 Å². The van der Waals surface area contributed by atoms with Crippen LogP contribution in [0.4, 0.5) is 0 Å². The lowest BCUT2D eigenvalue weighted by molar-refractivity contribution is -0.181. The van der Waals surface area contributed by atoms with Crippen LogP contribution in [0.5, 0.6) is 0 Å². The van der Waals surface area contributed by atoms with Crippen LogP contribution in [0.25, 0.3) is 0 Å². The molecule has 0 aromatic heterocycles. The molecule has 3 aliphatic rings. The second kappa shape index (κ2) is 13.8. The number of thioether (sulfide) groups is 1. The smallest absolute Gasteiger partial charge is 0.331 e. The normalized spacial score (nSPS) is 25.0. The largest absolute Gasteiger partial charge is 0.461 e. The van der Waals surface area contributed by atoms with Crippen LogP contribution in [0.1, 0.15) is 59.8 Å². The molecule has 0 bridgehead atoms. The van der Waals surface area contributed by atoms with Crippen molar-refractivity contribution in [1.82, 2.24) is 4.90 Å². The Morgan fingerprint density at radius 3 is 1.98 bits per heavy atom. The Morgan fingerprint density at radius 1 is 0.820 bits per heavy atom. The number of ether oxygens (including phenoxy) is 2. The standard InChI is InChI=1S/C42H39NO6S/c1-41(2)36(38(46)49-35(30-19-11-5-12-20-30)31-21-13-6-14-22-31)43-39(47)42(40(43)50-41)26-25-32(37(45)48-27-28-15-7-3-8-16-28)33(42)23-24-34(44)29-17-9-4-10-18-29/h3-24,32-33,35-36,40H,25-27H2,1-2H3/t32?,33?,36-,40+,42?/m0/s1. The van der Waals surface area contributed by atoms with Gasteiger partial charge in [-0.3, -0.25) is 14.4 Å². The van der Waals surface area contributed by atoms with Gasteiger partial charge >= 0.3 is 11.9 Å². The Kier molecular flexibility index (Phi) is 9.23. The van der Waals surface area contributed by atoms with E-state index in [4.69, 9.17) is 9.47 Å². The van der Waals surface area contributed by atoms with E-state index in [2.05, 4.69) is 0 Å². The van der Waals surface area contributed by atoms with E-state index in [0.717, 1.165) is 16.7 Å². The quantitative estimate of drug-likeness (QED) is 0.0736. The third-order valence-corrected chi connectivity index (χ3v) is 12.0. The molecule has 1 spiro atoms. The Hall–Kier alpha value is -4.95. The van der Waals surface area contributed by atoms with Crippen molar-refractivity contribution in [2.24, 2.45) is 17.3 Å². The van der Waals surface area contributed by atoms with Crippen LogP contribution in [0.2, 0.25) is 0 Å². The van der Waals surface area contributed by atoms with Crippen LogP contribution in [0, 0.1) is 17.3 Å². The van der Waals surface area contributed by atoms with Crippen LogP contribution in [-0.2, 0) is 30.5 Å². The summed E-state index contributed by atoms with van der Waals surface area (Å²) >= 11 is 1.56. The first-order valence-electron chi connectivity index (χ1n) is 17.0. The lowest BCUT2D eigenvalue weighted by Gasteiger charge is -2.54. The zero-order valence-corrected chi connectivity index (χ0v) is 28.8. The van der Waals surface area contributed by atoms with Crippen molar-refractivity contribution in [2.45, 2.75) is 55.6 Å². The van der Waals surface area contributed by atoms with Crippen molar-refractivity contribution < 1.29 is 28.7 Å². The highest BCUT2D eigenvalue weighted by Crippen LogP contribution is 2.67. The zero-order chi connectivity index (χ0) is 34.9. The molecule has 50 heavy (non-hydrogen) atoms. The summed E-state index contributed by atoms with van der Waals surface area (Å²) in [5.41, 5.74) is 2.08. The van der Waals surface area contributed by atoms with Crippen molar-refractivity contribution in [2.75, 3.05) is 0 Å². The van der Waals surface area contributed by atoms with Gasteiger partial charge in [-0.15, -0.1) is 11.8 Å². The summed E-state index contributed by atoms with van der Waals surface area (Å²) in [6, 6.07) is 36.7. The average molecular weight is 686 g/mol. The fourth-order valence-corrected chi connectivity index (χ4v) is 9.66. The molecular weight excluding hydrogens is 647 g/mol. The predicted molar refractivity (Wildman–Crippen MR) is 192 cm³/mol. The molecule has 7 rings (SSSR count). The van der Waals surface area contributed by atoms with Gasteiger partial charge in [-0.05, 0) is 49.5 Å². The molecule has 4 aromatic rings. The summed E-state index contributed by atoms with van der Waals surface area (Å²) in [6.07, 6.45) is 3.45. The van der Waals surface area contributed by atoms with Gasteiger partial charge in [-0.2, -0.15) is 0 Å². The summed E-state index contributed by atoms with van der Waals surface area (Å²) in [6.45, 7) is 4.05. The maximum atomic E-state index is 14.6. The molecule has 5 atom stereocenters. The average Bonchev–Trinajstić information content (AvgIpc) is 3.68. The van der Waals surface area contributed by atoms with E-state index in [9.17, 15) is 19.2 Å². The van der Waals surface area contributed by atoms with E-state index in [0.29, 0.717) is 18.4 Å². The van der Waals surface area contributed by atoms with Crippen LogP contribution in [0.15, 0.2) is 133 Å². The molecule has 3 unspecified atom stereocenters. The third kappa shape index (κ3) is 6.06. The minimum absolute atomic E-state index is 0.117.